The fraction of sp³-hybridized carbons (Fsp3) is 0.471. The van der Waals surface area contributed by atoms with E-state index in [1.807, 2.05) is 26.0 Å². The van der Waals surface area contributed by atoms with Gasteiger partial charge in [-0.2, -0.15) is 5.10 Å². The number of benzene rings is 1. The molecule has 1 aliphatic rings. The average Bonchev–Trinajstić information content (AvgIpc) is 3.35. The third-order valence-electron chi connectivity index (χ3n) is 4.21. The number of hydrogen-bond acceptors (Lipinski definition) is 3. The third-order valence-corrected chi connectivity index (χ3v) is 4.21. The number of nitrogens with one attached hydrogen (secondary N) is 1. The van der Waals surface area contributed by atoms with Gasteiger partial charge in [-0.05, 0) is 38.2 Å². The van der Waals surface area contributed by atoms with Crippen molar-refractivity contribution >= 4 is 16.7 Å². The monoisotopic (exact) mass is 299 g/mol. The zero-order valence-electron chi connectivity index (χ0n) is 13.0. The molecule has 0 bridgehead atoms. The highest BCUT2D eigenvalue weighted by molar-refractivity contribution is 6.04. The van der Waals surface area contributed by atoms with Gasteiger partial charge in [0.25, 0.3) is 11.5 Å². The van der Waals surface area contributed by atoms with Crippen LogP contribution in [0.2, 0.25) is 0 Å². The normalized spacial score (nSPS) is 15.7. The molecule has 0 saturated heterocycles. The van der Waals surface area contributed by atoms with Crippen molar-refractivity contribution in [2.45, 2.75) is 45.7 Å². The Morgan fingerprint density at radius 2 is 2.05 bits per heavy atom. The Balaban J connectivity index is 2.04. The van der Waals surface area contributed by atoms with Crippen LogP contribution < -0.4 is 10.9 Å². The van der Waals surface area contributed by atoms with Crippen molar-refractivity contribution in [3.8, 4) is 0 Å². The van der Waals surface area contributed by atoms with Gasteiger partial charge < -0.3 is 5.32 Å². The van der Waals surface area contributed by atoms with Gasteiger partial charge in [-0.25, -0.2) is 4.68 Å². The molecule has 116 valence electrons. The highest BCUT2D eigenvalue weighted by Gasteiger charge is 2.30. The lowest BCUT2D eigenvalue weighted by Crippen LogP contribution is -2.36. The van der Waals surface area contributed by atoms with Crippen LogP contribution in [0.4, 0.5) is 0 Å². The average molecular weight is 299 g/mol. The third kappa shape index (κ3) is 2.75. The summed E-state index contributed by atoms with van der Waals surface area (Å²) in [4.78, 5) is 25.0. The molecule has 0 radical (unpaired) electrons. The first kappa shape index (κ1) is 14.8. The first-order valence-electron chi connectivity index (χ1n) is 7.92. The van der Waals surface area contributed by atoms with Gasteiger partial charge in [-0.15, -0.1) is 0 Å². The van der Waals surface area contributed by atoms with E-state index in [-0.39, 0.29) is 17.5 Å². The number of fused-ring (bicyclic) bond motifs is 1. The van der Waals surface area contributed by atoms with Crippen LogP contribution in [0.1, 0.15) is 43.6 Å². The van der Waals surface area contributed by atoms with E-state index in [0.717, 1.165) is 6.42 Å². The lowest BCUT2D eigenvalue weighted by Gasteiger charge is -2.14. The molecule has 0 aliphatic heterocycles. The number of rotatable bonds is 5. The van der Waals surface area contributed by atoms with Crippen LogP contribution in [0.3, 0.4) is 0 Å². The lowest BCUT2D eigenvalue weighted by atomic mass is 10.1. The highest BCUT2D eigenvalue weighted by atomic mass is 16.2. The van der Waals surface area contributed by atoms with E-state index in [0.29, 0.717) is 28.9 Å². The topological polar surface area (TPSA) is 64.0 Å². The van der Waals surface area contributed by atoms with Gasteiger partial charge in [0.15, 0.2) is 5.69 Å². The lowest BCUT2D eigenvalue weighted by molar-refractivity contribution is 0.0930. The van der Waals surface area contributed by atoms with E-state index < -0.39 is 0 Å². The zero-order chi connectivity index (χ0) is 15.7. The molecule has 1 unspecified atom stereocenters. The maximum absolute atomic E-state index is 12.6. The van der Waals surface area contributed by atoms with E-state index in [1.54, 1.807) is 12.1 Å². The summed E-state index contributed by atoms with van der Waals surface area (Å²) in [7, 11) is 0. The molecule has 1 aliphatic carbocycles. The Labute approximate surface area is 129 Å². The molecule has 1 atom stereocenters. The maximum atomic E-state index is 12.6. The first-order chi connectivity index (χ1) is 10.6. The van der Waals surface area contributed by atoms with Crippen LogP contribution in [0, 0.1) is 5.92 Å². The number of aromatic nitrogens is 2. The number of amides is 1. The van der Waals surface area contributed by atoms with Crippen molar-refractivity contribution in [3.05, 3.63) is 40.3 Å². The Morgan fingerprint density at radius 3 is 2.68 bits per heavy atom. The summed E-state index contributed by atoms with van der Waals surface area (Å²) in [5.41, 5.74) is 0.209. The summed E-state index contributed by atoms with van der Waals surface area (Å²) in [6.45, 7) is 4.53. The van der Waals surface area contributed by atoms with Gasteiger partial charge in [0.05, 0.1) is 5.39 Å². The van der Waals surface area contributed by atoms with Crippen molar-refractivity contribution in [1.82, 2.24) is 15.1 Å². The predicted molar refractivity (Wildman–Crippen MR) is 85.9 cm³/mol. The van der Waals surface area contributed by atoms with Crippen LogP contribution in [-0.2, 0) is 6.54 Å². The molecule has 1 fully saturated rings. The minimum absolute atomic E-state index is 0.135. The minimum Gasteiger partial charge on any atom is -0.348 e. The van der Waals surface area contributed by atoms with Crippen LogP contribution >= 0.6 is 0 Å². The fourth-order valence-electron chi connectivity index (χ4n) is 2.76. The zero-order valence-corrected chi connectivity index (χ0v) is 13.0. The number of carbonyl (C=O) groups is 1. The van der Waals surface area contributed by atoms with Crippen molar-refractivity contribution in [2.75, 3.05) is 0 Å². The van der Waals surface area contributed by atoms with E-state index in [2.05, 4.69) is 10.4 Å². The summed E-state index contributed by atoms with van der Waals surface area (Å²) >= 11 is 0. The minimum atomic E-state index is -0.194. The summed E-state index contributed by atoms with van der Waals surface area (Å²) < 4.78 is 1.40. The molecular formula is C17H21N3O2. The molecule has 1 aromatic carbocycles. The van der Waals surface area contributed by atoms with E-state index in [4.69, 9.17) is 0 Å². The van der Waals surface area contributed by atoms with Gasteiger partial charge in [0, 0.05) is 18.0 Å². The molecule has 22 heavy (non-hydrogen) atoms. The molecule has 1 heterocycles. The second-order valence-corrected chi connectivity index (χ2v) is 6.02. The summed E-state index contributed by atoms with van der Waals surface area (Å²) in [6, 6.07) is 7.34. The Kier molecular flexibility index (Phi) is 3.96. The van der Waals surface area contributed by atoms with Gasteiger partial charge in [0.2, 0.25) is 0 Å². The molecule has 5 heteroatoms. The number of hydrogen-bond donors (Lipinski definition) is 1. The van der Waals surface area contributed by atoms with Crippen LogP contribution in [-0.4, -0.2) is 21.7 Å². The molecule has 1 N–H and O–H groups in total. The number of carbonyl (C=O) groups excluding carboxylic acids is 1. The largest absolute Gasteiger partial charge is 0.348 e. The van der Waals surface area contributed by atoms with Crippen molar-refractivity contribution < 1.29 is 4.79 Å². The second kappa shape index (κ2) is 5.91. The van der Waals surface area contributed by atoms with E-state index in [9.17, 15) is 9.59 Å². The summed E-state index contributed by atoms with van der Waals surface area (Å²) in [5, 5.41) is 8.51. The summed E-state index contributed by atoms with van der Waals surface area (Å²) in [5.74, 6) is 0.386. The van der Waals surface area contributed by atoms with Crippen molar-refractivity contribution in [1.29, 1.82) is 0 Å². The quantitative estimate of drug-likeness (QED) is 0.921. The molecule has 1 saturated carbocycles. The molecule has 2 aromatic rings. The highest BCUT2D eigenvalue weighted by Crippen LogP contribution is 2.32. The predicted octanol–water partition coefficient (Wildman–Crippen LogP) is 2.33. The van der Waals surface area contributed by atoms with Crippen LogP contribution in [0.15, 0.2) is 29.1 Å². The standard InChI is InChI=1S/C17H21N3O2/c1-3-10-20-17(22)14-7-5-4-6-13(14)15(19-20)16(21)18-11(2)12-8-9-12/h4-7,11-12H,3,8-10H2,1-2H3,(H,18,21). The van der Waals surface area contributed by atoms with Crippen molar-refractivity contribution in [3.63, 3.8) is 0 Å². The smallest absolute Gasteiger partial charge is 0.274 e. The molecule has 0 spiro atoms. The van der Waals surface area contributed by atoms with E-state index in [1.165, 1.54) is 17.5 Å². The molecule has 5 nitrogen and oxygen atoms in total. The maximum Gasteiger partial charge on any atom is 0.274 e. The molecule has 3 rings (SSSR count). The van der Waals surface area contributed by atoms with Gasteiger partial charge >= 0.3 is 0 Å². The Bertz CT molecular complexity index is 762. The molecular weight excluding hydrogens is 278 g/mol. The number of aryl methyl sites for hydroxylation is 1. The van der Waals surface area contributed by atoms with E-state index >= 15 is 0 Å². The molecule has 1 aromatic heterocycles. The van der Waals surface area contributed by atoms with Crippen LogP contribution in [0.5, 0.6) is 0 Å². The van der Waals surface area contributed by atoms with Gasteiger partial charge in [-0.3, -0.25) is 9.59 Å². The van der Waals surface area contributed by atoms with Gasteiger partial charge in [0.1, 0.15) is 0 Å². The van der Waals surface area contributed by atoms with Crippen molar-refractivity contribution in [2.24, 2.45) is 5.92 Å². The Morgan fingerprint density at radius 1 is 1.36 bits per heavy atom. The Hall–Kier alpha value is -2.17. The second-order valence-electron chi connectivity index (χ2n) is 6.02. The number of nitrogens with zero attached hydrogens (tertiary/aromatic N) is 2. The van der Waals surface area contributed by atoms with Gasteiger partial charge in [-0.1, -0.05) is 25.1 Å². The van der Waals surface area contributed by atoms with Crippen LogP contribution in [0.25, 0.3) is 10.8 Å². The first-order valence-corrected chi connectivity index (χ1v) is 7.92. The SMILES string of the molecule is CCCn1nc(C(=O)NC(C)C2CC2)c2ccccc2c1=O. The fourth-order valence-corrected chi connectivity index (χ4v) is 2.76. The summed E-state index contributed by atoms with van der Waals surface area (Å²) in [6.07, 6.45) is 3.14. The molecule has 1 amide bonds.